The summed E-state index contributed by atoms with van der Waals surface area (Å²) >= 11 is 3.37. The van der Waals surface area contributed by atoms with Crippen LogP contribution in [-0.2, 0) is 14.6 Å². The minimum Gasteiger partial charge on any atom is -0.383 e. The predicted molar refractivity (Wildman–Crippen MR) is 94.2 cm³/mol. The summed E-state index contributed by atoms with van der Waals surface area (Å²) in [5.41, 5.74) is -0.224. The first-order chi connectivity index (χ1) is 11.5. The van der Waals surface area contributed by atoms with Crippen LogP contribution in [0.1, 0.15) is 11.5 Å². The summed E-state index contributed by atoms with van der Waals surface area (Å²) in [4.78, 5) is 0.241. The van der Waals surface area contributed by atoms with Gasteiger partial charge in [0.2, 0.25) is 0 Å². The molecule has 6 heteroatoms. The van der Waals surface area contributed by atoms with Crippen molar-refractivity contribution in [2.45, 2.75) is 16.1 Å². The molecule has 0 heterocycles. The van der Waals surface area contributed by atoms with Gasteiger partial charge in [-0.1, -0.05) is 46.3 Å². The van der Waals surface area contributed by atoms with Crippen molar-refractivity contribution in [1.29, 1.82) is 5.26 Å². The maximum atomic E-state index is 13.1. The number of methoxy groups -OCH3 is 1. The topological polar surface area (TPSA) is 67.2 Å². The highest BCUT2D eigenvalue weighted by Crippen LogP contribution is 2.63. The molecule has 2 aromatic rings. The van der Waals surface area contributed by atoms with Crippen molar-refractivity contribution in [1.82, 2.24) is 0 Å². The van der Waals surface area contributed by atoms with Gasteiger partial charge in [0.05, 0.1) is 22.8 Å². The van der Waals surface area contributed by atoms with Crippen molar-refractivity contribution in [3.8, 4) is 6.07 Å². The van der Waals surface area contributed by atoms with Crippen molar-refractivity contribution < 1.29 is 13.2 Å². The van der Waals surface area contributed by atoms with Gasteiger partial charge in [-0.2, -0.15) is 5.26 Å². The number of nitrogens with zero attached hydrogens (tertiary/aromatic N) is 1. The summed E-state index contributed by atoms with van der Waals surface area (Å²) in [5, 5.41) is 8.94. The fourth-order valence-corrected chi connectivity index (χ4v) is 5.93. The standard InChI is InChI=1S/C18H16BrNO3S/c1-23-12-18(11-20)16(13-7-9-14(19)10-8-13)17(18)24(21,22)15-5-3-2-4-6-15/h2-10,16-17H,12H2,1H3/t16-,17+,18+/m1/s1. The summed E-state index contributed by atoms with van der Waals surface area (Å²) in [6, 6.07) is 17.9. The second-order valence-corrected chi connectivity index (χ2v) is 8.88. The van der Waals surface area contributed by atoms with Crippen molar-refractivity contribution in [3.05, 3.63) is 64.6 Å². The van der Waals surface area contributed by atoms with Gasteiger partial charge in [0.1, 0.15) is 5.41 Å². The van der Waals surface area contributed by atoms with Crippen LogP contribution in [0.15, 0.2) is 64.0 Å². The Balaban J connectivity index is 2.08. The largest absolute Gasteiger partial charge is 0.383 e. The number of sulfone groups is 1. The molecule has 4 nitrogen and oxygen atoms in total. The van der Waals surface area contributed by atoms with Gasteiger partial charge in [-0.15, -0.1) is 0 Å². The van der Waals surface area contributed by atoms with E-state index in [4.69, 9.17) is 4.74 Å². The van der Waals surface area contributed by atoms with E-state index in [0.29, 0.717) is 0 Å². The van der Waals surface area contributed by atoms with Gasteiger partial charge < -0.3 is 4.74 Å². The molecule has 0 unspecified atom stereocenters. The van der Waals surface area contributed by atoms with Gasteiger partial charge in [0, 0.05) is 17.5 Å². The Kier molecular flexibility index (Phi) is 4.52. The average molecular weight is 406 g/mol. The van der Waals surface area contributed by atoms with Crippen LogP contribution in [0.4, 0.5) is 0 Å². The Morgan fingerprint density at radius 3 is 2.33 bits per heavy atom. The van der Waals surface area contributed by atoms with Crippen LogP contribution in [0.2, 0.25) is 0 Å². The lowest BCUT2D eigenvalue weighted by Gasteiger charge is -2.08. The molecule has 0 spiro atoms. The highest BCUT2D eigenvalue weighted by Gasteiger charge is 2.72. The molecule has 0 bridgehead atoms. The molecule has 0 amide bonds. The molecule has 1 fully saturated rings. The normalized spacial score (nSPS) is 25.9. The highest BCUT2D eigenvalue weighted by molar-refractivity contribution is 9.10. The maximum Gasteiger partial charge on any atom is 0.183 e. The smallest absolute Gasteiger partial charge is 0.183 e. The molecule has 1 aliphatic carbocycles. The van der Waals surface area contributed by atoms with Gasteiger partial charge >= 0.3 is 0 Å². The van der Waals surface area contributed by atoms with Crippen molar-refractivity contribution >= 4 is 25.8 Å². The molecule has 1 saturated carbocycles. The van der Waals surface area contributed by atoms with Crippen LogP contribution in [-0.4, -0.2) is 27.4 Å². The van der Waals surface area contributed by atoms with E-state index in [2.05, 4.69) is 22.0 Å². The molecule has 0 N–H and O–H groups in total. The molecule has 0 radical (unpaired) electrons. The van der Waals surface area contributed by atoms with Gasteiger partial charge in [-0.05, 0) is 29.8 Å². The van der Waals surface area contributed by atoms with Gasteiger partial charge in [-0.3, -0.25) is 0 Å². The Labute approximate surface area is 150 Å². The zero-order valence-electron chi connectivity index (χ0n) is 13.0. The third-order valence-electron chi connectivity index (χ3n) is 4.48. The first-order valence-electron chi connectivity index (χ1n) is 7.42. The Hall–Kier alpha value is -1.68. The molecule has 3 rings (SSSR count). The first-order valence-corrected chi connectivity index (χ1v) is 9.76. The third-order valence-corrected chi connectivity index (χ3v) is 7.30. The number of rotatable bonds is 5. The van der Waals surface area contributed by atoms with Crippen molar-refractivity contribution in [2.24, 2.45) is 5.41 Å². The molecule has 0 aromatic heterocycles. The van der Waals surface area contributed by atoms with Crippen molar-refractivity contribution in [3.63, 3.8) is 0 Å². The Morgan fingerprint density at radius 1 is 1.17 bits per heavy atom. The summed E-state index contributed by atoms with van der Waals surface area (Å²) in [5.74, 6) is -0.402. The monoisotopic (exact) mass is 405 g/mol. The summed E-state index contributed by atoms with van der Waals surface area (Å²) in [7, 11) is -2.14. The van der Waals surface area contributed by atoms with Crippen LogP contribution < -0.4 is 0 Å². The molecule has 0 saturated heterocycles. The number of hydrogen-bond acceptors (Lipinski definition) is 4. The second-order valence-electron chi connectivity index (χ2n) is 5.89. The SMILES string of the molecule is COC[C@@]1(C#N)[C@H](c2ccc(Br)cc2)[C@@H]1S(=O)(=O)c1ccccc1. The van der Waals surface area contributed by atoms with Gasteiger partial charge in [-0.25, -0.2) is 8.42 Å². The number of benzene rings is 2. The number of nitriles is 1. The number of ether oxygens (including phenoxy) is 1. The molecular weight excluding hydrogens is 390 g/mol. The first kappa shape index (κ1) is 17.2. The molecule has 3 atom stereocenters. The molecule has 24 heavy (non-hydrogen) atoms. The Bertz CT molecular complexity index is 875. The van der Waals surface area contributed by atoms with E-state index in [-0.39, 0.29) is 11.5 Å². The molecular formula is C18H16BrNO3S. The van der Waals surface area contributed by atoms with E-state index in [1.54, 1.807) is 30.3 Å². The van der Waals surface area contributed by atoms with E-state index < -0.39 is 26.4 Å². The second kappa shape index (κ2) is 6.32. The lowest BCUT2D eigenvalue weighted by molar-refractivity contribution is 0.162. The predicted octanol–water partition coefficient (Wildman–Crippen LogP) is 3.55. The molecule has 2 aromatic carbocycles. The molecule has 124 valence electrons. The summed E-state index contributed by atoms with van der Waals surface area (Å²) in [6.07, 6.45) is 0. The van der Waals surface area contributed by atoms with Gasteiger partial charge in [0.25, 0.3) is 0 Å². The lowest BCUT2D eigenvalue weighted by Crippen LogP contribution is -2.19. The van der Waals surface area contributed by atoms with E-state index in [1.165, 1.54) is 7.11 Å². The molecule has 1 aliphatic rings. The van der Waals surface area contributed by atoms with Crippen LogP contribution in [0.3, 0.4) is 0 Å². The highest BCUT2D eigenvalue weighted by atomic mass is 79.9. The summed E-state index contributed by atoms with van der Waals surface area (Å²) < 4.78 is 32.3. The van der Waals surface area contributed by atoms with E-state index in [0.717, 1.165) is 10.0 Å². The van der Waals surface area contributed by atoms with Crippen LogP contribution in [0, 0.1) is 16.7 Å². The average Bonchev–Trinajstić information content (AvgIpc) is 3.26. The molecule has 0 aliphatic heterocycles. The minimum absolute atomic E-state index is 0.0843. The fourth-order valence-electron chi connectivity index (χ4n) is 3.34. The van der Waals surface area contributed by atoms with Gasteiger partial charge in [0.15, 0.2) is 9.84 Å². The number of halogens is 1. The Morgan fingerprint density at radius 2 is 1.79 bits per heavy atom. The van der Waals surface area contributed by atoms with Crippen LogP contribution in [0.5, 0.6) is 0 Å². The lowest BCUT2D eigenvalue weighted by atomic mass is 10.0. The third kappa shape index (κ3) is 2.67. The van der Waals surface area contributed by atoms with Crippen molar-refractivity contribution in [2.75, 3.05) is 13.7 Å². The van der Waals surface area contributed by atoms with E-state index >= 15 is 0 Å². The zero-order valence-corrected chi connectivity index (χ0v) is 15.4. The zero-order chi connectivity index (χ0) is 17.4. The van der Waals surface area contributed by atoms with Crippen LogP contribution >= 0.6 is 15.9 Å². The van der Waals surface area contributed by atoms with E-state index in [9.17, 15) is 13.7 Å². The summed E-state index contributed by atoms with van der Waals surface area (Å²) in [6.45, 7) is 0.0843. The number of hydrogen-bond donors (Lipinski definition) is 0. The van der Waals surface area contributed by atoms with E-state index in [1.807, 2.05) is 24.3 Å². The quantitative estimate of drug-likeness (QED) is 0.762. The minimum atomic E-state index is -3.63. The fraction of sp³-hybridized carbons (Fsp3) is 0.278. The van der Waals surface area contributed by atoms with Crippen LogP contribution in [0.25, 0.3) is 0 Å². The maximum absolute atomic E-state index is 13.1.